The third kappa shape index (κ3) is 4.39. The van der Waals surface area contributed by atoms with Crippen molar-refractivity contribution >= 4 is 16.1 Å². The lowest BCUT2D eigenvalue weighted by Crippen LogP contribution is -2.45. The molecular formula is C12H19N5O3S. The van der Waals surface area contributed by atoms with E-state index < -0.39 is 10.0 Å². The first kappa shape index (κ1) is 15.7. The van der Waals surface area contributed by atoms with E-state index in [0.717, 1.165) is 5.56 Å². The van der Waals surface area contributed by atoms with Crippen molar-refractivity contribution in [1.29, 1.82) is 0 Å². The van der Waals surface area contributed by atoms with Crippen LogP contribution >= 0.6 is 0 Å². The number of amides is 2. The number of nitrogens with one attached hydrogen (secondary N) is 4. The Bertz CT molecular complexity index is 596. The molecule has 21 heavy (non-hydrogen) atoms. The molecule has 1 aliphatic heterocycles. The van der Waals surface area contributed by atoms with Crippen molar-refractivity contribution in [2.24, 2.45) is 5.14 Å². The predicted molar refractivity (Wildman–Crippen MR) is 77.7 cm³/mol. The van der Waals surface area contributed by atoms with Crippen LogP contribution in [0.25, 0.3) is 0 Å². The average molecular weight is 313 g/mol. The lowest BCUT2D eigenvalue weighted by atomic mass is 10.1. The molecular weight excluding hydrogens is 294 g/mol. The number of sulfonamides is 1. The molecule has 1 aromatic rings. The second kappa shape index (κ2) is 6.39. The molecule has 1 heterocycles. The second-order valence-electron chi connectivity index (χ2n) is 4.91. The van der Waals surface area contributed by atoms with Crippen molar-refractivity contribution in [3.63, 3.8) is 0 Å². The molecule has 6 N–H and O–H groups in total. The van der Waals surface area contributed by atoms with E-state index in [1.54, 1.807) is 12.1 Å². The average Bonchev–Trinajstić information content (AvgIpc) is 2.90. The molecule has 1 fully saturated rings. The summed E-state index contributed by atoms with van der Waals surface area (Å²) in [6.07, 6.45) is 0. The molecule has 116 valence electrons. The van der Waals surface area contributed by atoms with E-state index in [9.17, 15) is 13.2 Å². The van der Waals surface area contributed by atoms with Crippen LogP contribution < -0.4 is 26.6 Å². The number of hydrogen-bond donors (Lipinski definition) is 5. The van der Waals surface area contributed by atoms with Crippen molar-refractivity contribution in [3.05, 3.63) is 29.8 Å². The lowest BCUT2D eigenvalue weighted by molar-refractivity contribution is 0.235. The van der Waals surface area contributed by atoms with Crippen LogP contribution in [0.15, 0.2) is 29.2 Å². The first-order valence-corrected chi connectivity index (χ1v) is 8.06. The Balaban J connectivity index is 1.93. The minimum absolute atomic E-state index is 0.0435. The van der Waals surface area contributed by atoms with Gasteiger partial charge in [0.15, 0.2) is 0 Å². The van der Waals surface area contributed by atoms with E-state index in [-0.39, 0.29) is 23.0 Å². The zero-order chi connectivity index (χ0) is 15.5. The molecule has 1 aliphatic rings. The molecule has 0 aromatic heterocycles. The highest BCUT2D eigenvalue weighted by Crippen LogP contribution is 2.15. The number of hydrogen-bond acceptors (Lipinski definition) is 5. The Morgan fingerprint density at radius 1 is 1.29 bits per heavy atom. The van der Waals surface area contributed by atoms with Crippen LogP contribution in [0.4, 0.5) is 4.79 Å². The Hall–Kier alpha value is -1.68. The quantitative estimate of drug-likeness (QED) is 0.496. The maximum atomic E-state index is 11.8. The zero-order valence-electron chi connectivity index (χ0n) is 11.6. The summed E-state index contributed by atoms with van der Waals surface area (Å²) in [7, 11) is -3.70. The summed E-state index contributed by atoms with van der Waals surface area (Å²) in [5.74, 6) is 0. The summed E-state index contributed by atoms with van der Waals surface area (Å²) in [6.45, 7) is 3.16. The Morgan fingerprint density at radius 3 is 2.38 bits per heavy atom. The Kier molecular flexibility index (Phi) is 4.78. The van der Waals surface area contributed by atoms with Crippen LogP contribution in [0.1, 0.15) is 18.5 Å². The SMILES string of the molecule is CC(NC(=O)NC1CNNC1)c1ccc(S(N)(=O)=O)cc1. The first-order valence-electron chi connectivity index (χ1n) is 6.52. The van der Waals surface area contributed by atoms with E-state index in [2.05, 4.69) is 21.5 Å². The molecule has 0 aliphatic carbocycles. The normalized spacial score (nSPS) is 17.4. The smallest absolute Gasteiger partial charge is 0.315 e. The fourth-order valence-corrected chi connectivity index (χ4v) is 2.53. The number of urea groups is 1. The van der Waals surface area contributed by atoms with Crippen LogP contribution in [0.5, 0.6) is 0 Å². The molecule has 1 unspecified atom stereocenters. The van der Waals surface area contributed by atoms with Gasteiger partial charge in [0.1, 0.15) is 0 Å². The summed E-state index contributed by atoms with van der Waals surface area (Å²) in [4.78, 5) is 11.9. The zero-order valence-corrected chi connectivity index (χ0v) is 12.4. The van der Waals surface area contributed by atoms with Crippen LogP contribution in [0, 0.1) is 0 Å². The van der Waals surface area contributed by atoms with Gasteiger partial charge >= 0.3 is 6.03 Å². The summed E-state index contributed by atoms with van der Waals surface area (Å²) in [6, 6.07) is 5.63. The number of hydrazine groups is 1. The second-order valence-corrected chi connectivity index (χ2v) is 6.47. The number of primary sulfonamides is 1. The van der Waals surface area contributed by atoms with E-state index in [4.69, 9.17) is 5.14 Å². The van der Waals surface area contributed by atoms with Crippen molar-refractivity contribution in [1.82, 2.24) is 21.5 Å². The van der Waals surface area contributed by atoms with Crippen LogP contribution in [-0.2, 0) is 10.0 Å². The van der Waals surface area contributed by atoms with E-state index >= 15 is 0 Å². The molecule has 0 radical (unpaired) electrons. The number of carbonyl (C=O) groups is 1. The van der Waals surface area contributed by atoms with Gasteiger partial charge in [-0.05, 0) is 24.6 Å². The van der Waals surface area contributed by atoms with E-state index in [1.165, 1.54) is 12.1 Å². The van der Waals surface area contributed by atoms with Gasteiger partial charge in [0.05, 0.1) is 17.0 Å². The van der Waals surface area contributed by atoms with Gasteiger partial charge in [-0.1, -0.05) is 12.1 Å². The molecule has 2 amide bonds. The van der Waals surface area contributed by atoms with Gasteiger partial charge in [0.25, 0.3) is 0 Å². The number of nitrogens with two attached hydrogens (primary N) is 1. The molecule has 9 heteroatoms. The van der Waals surface area contributed by atoms with Crippen molar-refractivity contribution in [3.8, 4) is 0 Å². The molecule has 2 rings (SSSR count). The van der Waals surface area contributed by atoms with Crippen LogP contribution in [-0.4, -0.2) is 33.6 Å². The van der Waals surface area contributed by atoms with Gasteiger partial charge in [-0.15, -0.1) is 0 Å². The minimum Gasteiger partial charge on any atom is -0.333 e. The van der Waals surface area contributed by atoms with Gasteiger partial charge in [0.2, 0.25) is 10.0 Å². The standard InChI is InChI=1S/C12H19N5O3S/c1-8(16-12(18)17-10-6-14-15-7-10)9-2-4-11(5-3-9)21(13,19)20/h2-5,8,10,14-15H,6-7H2,1H3,(H2,13,19,20)(H2,16,17,18). The third-order valence-electron chi connectivity index (χ3n) is 3.21. The fraction of sp³-hybridized carbons (Fsp3) is 0.417. The minimum atomic E-state index is -3.70. The molecule has 0 saturated carbocycles. The topological polar surface area (TPSA) is 125 Å². The van der Waals surface area contributed by atoms with Gasteiger partial charge in [-0.2, -0.15) is 0 Å². The number of carbonyl (C=O) groups excluding carboxylic acids is 1. The van der Waals surface area contributed by atoms with Gasteiger partial charge in [0, 0.05) is 13.1 Å². The maximum absolute atomic E-state index is 11.8. The highest BCUT2D eigenvalue weighted by Gasteiger charge is 2.18. The van der Waals surface area contributed by atoms with E-state index in [0.29, 0.717) is 13.1 Å². The molecule has 1 saturated heterocycles. The fourth-order valence-electron chi connectivity index (χ4n) is 2.02. The van der Waals surface area contributed by atoms with Gasteiger partial charge in [-0.3, -0.25) is 10.9 Å². The largest absolute Gasteiger partial charge is 0.333 e. The monoisotopic (exact) mass is 313 g/mol. The molecule has 0 bridgehead atoms. The number of rotatable bonds is 4. The summed E-state index contributed by atoms with van der Waals surface area (Å²) in [5.41, 5.74) is 6.64. The summed E-state index contributed by atoms with van der Waals surface area (Å²) < 4.78 is 22.3. The lowest BCUT2D eigenvalue weighted by Gasteiger charge is -2.17. The van der Waals surface area contributed by atoms with Gasteiger partial charge in [-0.25, -0.2) is 18.4 Å². The van der Waals surface area contributed by atoms with Crippen molar-refractivity contribution in [2.45, 2.75) is 23.9 Å². The molecule has 1 aromatic carbocycles. The van der Waals surface area contributed by atoms with Crippen molar-refractivity contribution in [2.75, 3.05) is 13.1 Å². The van der Waals surface area contributed by atoms with Crippen LogP contribution in [0.2, 0.25) is 0 Å². The molecule has 1 atom stereocenters. The van der Waals surface area contributed by atoms with E-state index in [1.807, 2.05) is 6.92 Å². The molecule has 0 spiro atoms. The first-order chi connectivity index (χ1) is 9.86. The van der Waals surface area contributed by atoms with Crippen LogP contribution in [0.3, 0.4) is 0 Å². The Labute approximate surface area is 123 Å². The van der Waals surface area contributed by atoms with Crippen molar-refractivity contribution < 1.29 is 13.2 Å². The third-order valence-corrected chi connectivity index (χ3v) is 4.14. The summed E-state index contributed by atoms with van der Waals surface area (Å²) in [5, 5.41) is 10.7. The Morgan fingerprint density at radius 2 is 1.86 bits per heavy atom. The highest BCUT2D eigenvalue weighted by atomic mass is 32.2. The predicted octanol–water partition coefficient (Wildman–Crippen LogP) is -0.829. The maximum Gasteiger partial charge on any atom is 0.315 e. The van der Waals surface area contributed by atoms with Gasteiger partial charge < -0.3 is 10.6 Å². The number of benzene rings is 1. The summed E-state index contributed by atoms with van der Waals surface area (Å²) >= 11 is 0. The molecule has 8 nitrogen and oxygen atoms in total. The highest BCUT2D eigenvalue weighted by molar-refractivity contribution is 7.89.